The van der Waals surface area contributed by atoms with Crippen molar-refractivity contribution < 1.29 is 5.21 Å². The third-order valence-corrected chi connectivity index (χ3v) is 3.76. The van der Waals surface area contributed by atoms with Crippen LogP contribution in [0, 0.1) is 0 Å². The van der Waals surface area contributed by atoms with Gasteiger partial charge in [-0.3, -0.25) is 0 Å². The number of anilines is 1. The van der Waals surface area contributed by atoms with E-state index in [1.54, 1.807) is 6.07 Å². The fraction of sp³-hybridized carbons (Fsp3) is 0.231. The van der Waals surface area contributed by atoms with Gasteiger partial charge in [-0.2, -0.15) is 0 Å². The molecular weight excluding hydrogens is 278 g/mol. The fourth-order valence-electron chi connectivity index (χ4n) is 2.36. The van der Waals surface area contributed by atoms with Crippen molar-refractivity contribution in [1.29, 1.82) is 0 Å². The number of oxime groups is 1. The van der Waals surface area contributed by atoms with E-state index in [2.05, 4.69) is 19.6 Å². The zero-order chi connectivity index (χ0) is 14.1. The molecule has 0 unspecified atom stereocenters. The van der Waals surface area contributed by atoms with Crippen LogP contribution in [0.4, 0.5) is 5.69 Å². The van der Waals surface area contributed by atoms with E-state index in [1.165, 1.54) is 0 Å². The van der Waals surface area contributed by atoms with Crippen LogP contribution in [0.25, 0.3) is 0 Å². The maximum absolute atomic E-state index is 8.70. The van der Waals surface area contributed by atoms with Gasteiger partial charge in [0.05, 0.1) is 11.6 Å². The summed E-state index contributed by atoms with van der Waals surface area (Å²) >= 11 is 6.18. The Morgan fingerprint density at radius 2 is 2.25 bits per heavy atom. The van der Waals surface area contributed by atoms with Crippen molar-refractivity contribution in [3.63, 3.8) is 0 Å². The van der Waals surface area contributed by atoms with Crippen LogP contribution in [-0.4, -0.2) is 27.1 Å². The Labute approximate surface area is 121 Å². The molecule has 20 heavy (non-hydrogen) atoms. The van der Waals surface area contributed by atoms with E-state index in [0.29, 0.717) is 10.6 Å². The topological polar surface area (TPSA) is 79.7 Å². The van der Waals surface area contributed by atoms with Crippen molar-refractivity contribution in [2.75, 3.05) is 11.4 Å². The first-order valence-corrected chi connectivity index (χ1v) is 6.59. The normalized spacial score (nSPS) is 15.2. The monoisotopic (exact) mass is 291 g/mol. The molecule has 0 spiro atoms. The first kappa shape index (κ1) is 12.8. The number of fused-ring (bicyclic) bond motifs is 1. The molecule has 1 aromatic heterocycles. The summed E-state index contributed by atoms with van der Waals surface area (Å²) in [6.45, 7) is 2.53. The lowest BCUT2D eigenvalue weighted by molar-refractivity contribution is 0.318. The third kappa shape index (κ3) is 2.18. The van der Waals surface area contributed by atoms with Gasteiger partial charge >= 0.3 is 0 Å². The van der Waals surface area contributed by atoms with Crippen molar-refractivity contribution in [1.82, 2.24) is 9.55 Å². The van der Waals surface area contributed by atoms with E-state index in [1.807, 2.05) is 24.5 Å². The Morgan fingerprint density at radius 1 is 1.40 bits per heavy atom. The Kier molecular flexibility index (Phi) is 3.23. The van der Waals surface area contributed by atoms with Crippen LogP contribution in [0.1, 0.15) is 11.4 Å². The minimum atomic E-state index is 0.00994. The summed E-state index contributed by atoms with van der Waals surface area (Å²) in [4.78, 5) is 6.53. The summed E-state index contributed by atoms with van der Waals surface area (Å²) in [7, 11) is 0. The molecule has 3 rings (SSSR count). The molecule has 0 fully saturated rings. The van der Waals surface area contributed by atoms with E-state index in [9.17, 15) is 0 Å². The van der Waals surface area contributed by atoms with Crippen LogP contribution in [0.2, 0.25) is 5.02 Å². The van der Waals surface area contributed by atoms with Crippen LogP contribution in [0.15, 0.2) is 35.7 Å². The van der Waals surface area contributed by atoms with Crippen molar-refractivity contribution in [2.24, 2.45) is 10.9 Å². The highest BCUT2D eigenvalue weighted by molar-refractivity contribution is 6.34. The predicted molar refractivity (Wildman–Crippen MR) is 77.2 cm³/mol. The molecule has 0 radical (unpaired) electrons. The first-order chi connectivity index (χ1) is 9.69. The predicted octanol–water partition coefficient (Wildman–Crippen LogP) is 1.65. The number of benzene rings is 1. The summed E-state index contributed by atoms with van der Waals surface area (Å²) in [5.41, 5.74) is 7.08. The van der Waals surface area contributed by atoms with Gasteiger partial charge in [0.2, 0.25) is 0 Å². The zero-order valence-corrected chi connectivity index (χ0v) is 11.5. The fourth-order valence-corrected chi connectivity index (χ4v) is 2.63. The summed E-state index contributed by atoms with van der Waals surface area (Å²) in [6.07, 6.45) is 3.80. The molecule has 3 N–H and O–H groups in total. The number of hydrogen-bond acceptors (Lipinski definition) is 4. The molecule has 2 aromatic rings. The minimum absolute atomic E-state index is 0.00994. The molecule has 2 heterocycles. The number of amidine groups is 1. The summed E-state index contributed by atoms with van der Waals surface area (Å²) < 4.78 is 2.14. The lowest BCUT2D eigenvalue weighted by Crippen LogP contribution is -2.33. The van der Waals surface area contributed by atoms with Gasteiger partial charge in [-0.1, -0.05) is 16.8 Å². The Balaban J connectivity index is 1.87. The zero-order valence-electron chi connectivity index (χ0n) is 10.7. The molecule has 6 nitrogen and oxygen atoms in total. The highest BCUT2D eigenvalue weighted by atomic mass is 35.5. The van der Waals surface area contributed by atoms with Crippen molar-refractivity contribution in [3.05, 3.63) is 47.0 Å². The van der Waals surface area contributed by atoms with Gasteiger partial charge in [-0.25, -0.2) is 4.98 Å². The Bertz CT molecular complexity index is 667. The molecule has 0 bridgehead atoms. The second kappa shape index (κ2) is 5.05. The highest BCUT2D eigenvalue weighted by Crippen LogP contribution is 2.26. The smallest absolute Gasteiger partial charge is 0.171 e. The molecule has 0 atom stereocenters. The average Bonchev–Trinajstić information content (AvgIpc) is 2.93. The van der Waals surface area contributed by atoms with Gasteiger partial charge in [0.25, 0.3) is 0 Å². The van der Waals surface area contributed by atoms with Gasteiger partial charge in [0, 0.05) is 36.7 Å². The van der Waals surface area contributed by atoms with Crippen LogP contribution >= 0.6 is 11.6 Å². The molecule has 7 heteroatoms. The Morgan fingerprint density at radius 3 is 3.00 bits per heavy atom. The quantitative estimate of drug-likeness (QED) is 0.382. The number of nitrogens with zero attached hydrogens (tertiary/aromatic N) is 4. The van der Waals surface area contributed by atoms with E-state index < -0.39 is 0 Å². The SMILES string of the molecule is NC(=NO)c1ccc(N2CCn3ccnc3C2)cc1Cl. The summed E-state index contributed by atoms with van der Waals surface area (Å²) in [5, 5.41) is 12.1. The lowest BCUT2D eigenvalue weighted by atomic mass is 10.1. The highest BCUT2D eigenvalue weighted by Gasteiger charge is 2.18. The third-order valence-electron chi connectivity index (χ3n) is 3.45. The summed E-state index contributed by atoms with van der Waals surface area (Å²) in [5.74, 6) is 1.05. The van der Waals surface area contributed by atoms with E-state index in [4.69, 9.17) is 22.5 Å². The number of nitrogens with two attached hydrogens (primary N) is 1. The van der Waals surface area contributed by atoms with Crippen molar-refractivity contribution in [2.45, 2.75) is 13.1 Å². The molecule has 0 saturated heterocycles. The molecule has 1 aromatic carbocycles. The molecular formula is C13H14ClN5O. The standard InChI is InChI=1S/C13H14ClN5O/c14-11-7-9(1-2-10(11)13(15)17-20)19-6-5-18-4-3-16-12(18)8-19/h1-4,7,20H,5-6,8H2,(H2,15,17). The average molecular weight is 292 g/mol. The Hall–Kier alpha value is -2.21. The maximum atomic E-state index is 8.70. The number of aromatic nitrogens is 2. The number of imidazole rings is 1. The largest absolute Gasteiger partial charge is 0.409 e. The number of hydrogen-bond donors (Lipinski definition) is 2. The van der Waals surface area contributed by atoms with Crippen molar-refractivity contribution in [3.8, 4) is 0 Å². The van der Waals surface area contributed by atoms with Crippen molar-refractivity contribution >= 4 is 23.1 Å². The molecule has 1 aliphatic rings. The molecule has 0 amide bonds. The van der Waals surface area contributed by atoms with Gasteiger partial charge in [0.1, 0.15) is 5.82 Å². The van der Waals surface area contributed by atoms with Gasteiger partial charge in [-0.15, -0.1) is 0 Å². The second-order valence-corrected chi connectivity index (χ2v) is 5.02. The number of rotatable bonds is 2. The molecule has 1 aliphatic heterocycles. The van der Waals surface area contributed by atoms with Crippen LogP contribution in [-0.2, 0) is 13.1 Å². The molecule has 0 saturated carbocycles. The molecule has 104 valence electrons. The van der Waals surface area contributed by atoms with E-state index >= 15 is 0 Å². The summed E-state index contributed by atoms with van der Waals surface area (Å²) in [6, 6.07) is 5.50. The lowest BCUT2D eigenvalue weighted by Gasteiger charge is -2.29. The van der Waals surface area contributed by atoms with E-state index in [0.717, 1.165) is 31.1 Å². The maximum Gasteiger partial charge on any atom is 0.171 e. The van der Waals surface area contributed by atoms with Crippen LogP contribution < -0.4 is 10.6 Å². The van der Waals surface area contributed by atoms with Gasteiger partial charge < -0.3 is 20.4 Å². The number of halogens is 1. The first-order valence-electron chi connectivity index (χ1n) is 6.21. The van der Waals surface area contributed by atoms with E-state index in [-0.39, 0.29) is 5.84 Å². The van der Waals surface area contributed by atoms with Gasteiger partial charge in [-0.05, 0) is 18.2 Å². The molecule has 0 aliphatic carbocycles. The minimum Gasteiger partial charge on any atom is -0.409 e. The van der Waals surface area contributed by atoms with Crippen LogP contribution in [0.5, 0.6) is 0 Å². The second-order valence-electron chi connectivity index (χ2n) is 4.61. The van der Waals surface area contributed by atoms with Crippen LogP contribution in [0.3, 0.4) is 0 Å². The van der Waals surface area contributed by atoms with Gasteiger partial charge in [0.15, 0.2) is 5.84 Å².